The van der Waals surface area contributed by atoms with Crippen LogP contribution >= 0.6 is 28.1 Å². The van der Waals surface area contributed by atoms with Gasteiger partial charge in [0.2, 0.25) is 0 Å². The number of carbonyl (C=O) groups excluding carboxylic acids is 1. The van der Waals surface area contributed by atoms with Crippen LogP contribution < -0.4 is 20.9 Å². The first kappa shape index (κ1) is 19.0. The van der Waals surface area contributed by atoms with Crippen LogP contribution in [0.25, 0.3) is 0 Å². The summed E-state index contributed by atoms with van der Waals surface area (Å²) >= 11 is 8.66. The van der Waals surface area contributed by atoms with Gasteiger partial charge in [0.15, 0.2) is 5.11 Å². The molecule has 0 heterocycles. The molecule has 0 saturated heterocycles. The van der Waals surface area contributed by atoms with Gasteiger partial charge >= 0.3 is 0 Å². The SMILES string of the molecule is COc1ccc(C(=O)NNC(=S)N[C@@H]2CCC[C@H](C)[C@H]2C)cc1Br. The number of amides is 1. The Labute approximate surface area is 157 Å². The van der Waals surface area contributed by atoms with Gasteiger partial charge in [0, 0.05) is 11.6 Å². The average molecular weight is 414 g/mol. The fourth-order valence-corrected chi connectivity index (χ4v) is 3.73. The standard InChI is InChI=1S/C17H24BrN3O2S/c1-10-5-4-6-14(11(10)2)19-17(24)21-20-16(22)12-7-8-15(23-3)13(18)9-12/h7-11,14H,4-6H2,1-3H3,(H,20,22)(H2,19,21,24)/t10-,11+,14+/m0/s1. The van der Waals surface area contributed by atoms with Crippen LogP contribution in [0, 0.1) is 11.8 Å². The first-order chi connectivity index (χ1) is 11.4. The number of methoxy groups -OCH3 is 1. The van der Waals surface area contributed by atoms with Crippen molar-refractivity contribution >= 4 is 39.2 Å². The molecule has 1 aliphatic carbocycles. The second-order valence-electron chi connectivity index (χ2n) is 6.28. The minimum Gasteiger partial charge on any atom is -0.496 e. The van der Waals surface area contributed by atoms with Crippen molar-refractivity contribution in [2.24, 2.45) is 11.8 Å². The highest BCUT2D eigenvalue weighted by Crippen LogP contribution is 2.29. The van der Waals surface area contributed by atoms with Gasteiger partial charge in [-0.1, -0.05) is 26.7 Å². The molecular formula is C17H24BrN3O2S. The van der Waals surface area contributed by atoms with Crippen molar-refractivity contribution in [2.45, 2.75) is 39.2 Å². The Bertz CT molecular complexity index is 611. The third-order valence-corrected chi connectivity index (χ3v) is 5.57. The van der Waals surface area contributed by atoms with E-state index in [0.29, 0.717) is 34.3 Å². The Hall–Kier alpha value is -1.34. The first-order valence-corrected chi connectivity index (χ1v) is 9.33. The molecule has 0 aromatic heterocycles. The van der Waals surface area contributed by atoms with E-state index in [1.807, 2.05) is 0 Å². The molecule has 1 aromatic carbocycles. The summed E-state index contributed by atoms with van der Waals surface area (Å²) in [5.74, 6) is 1.67. The molecule has 0 spiro atoms. The van der Waals surface area contributed by atoms with Crippen LogP contribution in [-0.2, 0) is 0 Å². The van der Waals surface area contributed by atoms with Gasteiger partial charge in [0.05, 0.1) is 11.6 Å². The van der Waals surface area contributed by atoms with Crippen LogP contribution in [-0.4, -0.2) is 24.2 Å². The van der Waals surface area contributed by atoms with E-state index in [0.717, 1.165) is 10.9 Å². The van der Waals surface area contributed by atoms with E-state index in [1.165, 1.54) is 12.8 Å². The summed E-state index contributed by atoms with van der Waals surface area (Å²) in [5, 5.41) is 3.76. The lowest BCUT2D eigenvalue weighted by molar-refractivity contribution is 0.0943. The number of ether oxygens (including phenoxy) is 1. The molecule has 1 fully saturated rings. The zero-order chi connectivity index (χ0) is 17.7. The highest BCUT2D eigenvalue weighted by Gasteiger charge is 2.27. The third kappa shape index (κ3) is 4.83. The summed E-state index contributed by atoms with van der Waals surface area (Å²) in [5.41, 5.74) is 5.92. The number of halogens is 1. The van der Waals surface area contributed by atoms with Gasteiger partial charge in [-0.3, -0.25) is 15.6 Å². The lowest BCUT2D eigenvalue weighted by Crippen LogP contribution is -2.52. The summed E-state index contributed by atoms with van der Waals surface area (Å²) < 4.78 is 5.88. The summed E-state index contributed by atoms with van der Waals surface area (Å²) in [6, 6.07) is 5.49. The number of nitrogens with one attached hydrogen (secondary N) is 3. The largest absolute Gasteiger partial charge is 0.496 e. The Balaban J connectivity index is 1.85. The number of carbonyl (C=O) groups is 1. The van der Waals surface area contributed by atoms with Crippen molar-refractivity contribution < 1.29 is 9.53 Å². The quantitative estimate of drug-likeness (QED) is 0.523. The maximum absolute atomic E-state index is 12.2. The predicted octanol–water partition coefficient (Wildman–Crippen LogP) is 3.39. The molecule has 1 aromatic rings. The number of rotatable bonds is 3. The van der Waals surface area contributed by atoms with Crippen molar-refractivity contribution in [3.05, 3.63) is 28.2 Å². The van der Waals surface area contributed by atoms with Crippen molar-refractivity contribution in [1.29, 1.82) is 0 Å². The van der Waals surface area contributed by atoms with Gasteiger partial charge < -0.3 is 10.1 Å². The third-order valence-electron chi connectivity index (χ3n) is 4.73. The molecule has 0 radical (unpaired) electrons. The highest BCUT2D eigenvalue weighted by molar-refractivity contribution is 9.10. The molecular weight excluding hydrogens is 390 g/mol. The molecule has 2 rings (SSSR count). The second-order valence-corrected chi connectivity index (χ2v) is 7.54. The van der Waals surface area contributed by atoms with Crippen LogP contribution in [0.2, 0.25) is 0 Å². The molecule has 1 amide bonds. The predicted molar refractivity (Wildman–Crippen MR) is 103 cm³/mol. The second kappa shape index (κ2) is 8.67. The average Bonchev–Trinajstić information content (AvgIpc) is 2.56. The fourth-order valence-electron chi connectivity index (χ4n) is 2.98. The summed E-state index contributed by atoms with van der Waals surface area (Å²) in [6.07, 6.45) is 3.58. The van der Waals surface area contributed by atoms with E-state index >= 15 is 0 Å². The molecule has 0 bridgehead atoms. The molecule has 132 valence electrons. The zero-order valence-electron chi connectivity index (χ0n) is 14.2. The Morgan fingerprint density at radius 1 is 1.29 bits per heavy atom. The van der Waals surface area contributed by atoms with Crippen molar-refractivity contribution in [3.63, 3.8) is 0 Å². The smallest absolute Gasteiger partial charge is 0.269 e. The van der Waals surface area contributed by atoms with E-state index in [-0.39, 0.29) is 5.91 Å². The van der Waals surface area contributed by atoms with Crippen LogP contribution in [0.5, 0.6) is 5.75 Å². The van der Waals surface area contributed by atoms with Gasteiger partial charge in [0.25, 0.3) is 5.91 Å². The Morgan fingerprint density at radius 2 is 2.04 bits per heavy atom. The summed E-state index contributed by atoms with van der Waals surface area (Å²) in [7, 11) is 1.58. The van der Waals surface area contributed by atoms with Gasteiger partial charge in [-0.25, -0.2) is 0 Å². The van der Waals surface area contributed by atoms with Crippen LogP contribution in [0.1, 0.15) is 43.5 Å². The number of hydrogen-bond donors (Lipinski definition) is 3. The summed E-state index contributed by atoms with van der Waals surface area (Å²) in [4.78, 5) is 12.2. The maximum Gasteiger partial charge on any atom is 0.269 e. The molecule has 0 unspecified atom stereocenters. The van der Waals surface area contributed by atoms with E-state index in [4.69, 9.17) is 17.0 Å². The highest BCUT2D eigenvalue weighted by atomic mass is 79.9. The molecule has 1 aliphatic rings. The molecule has 0 aliphatic heterocycles. The lowest BCUT2D eigenvalue weighted by Gasteiger charge is -2.35. The maximum atomic E-state index is 12.2. The van der Waals surface area contributed by atoms with Gasteiger partial charge in [-0.15, -0.1) is 0 Å². The van der Waals surface area contributed by atoms with Crippen molar-refractivity contribution in [3.8, 4) is 5.75 Å². The Morgan fingerprint density at radius 3 is 2.71 bits per heavy atom. The summed E-state index contributed by atoms with van der Waals surface area (Å²) in [6.45, 7) is 4.52. The van der Waals surface area contributed by atoms with Crippen LogP contribution in [0.4, 0.5) is 0 Å². The molecule has 7 heteroatoms. The first-order valence-electron chi connectivity index (χ1n) is 8.12. The minimum atomic E-state index is -0.257. The van der Waals surface area contributed by atoms with Gasteiger partial charge in [-0.05, 0) is 64.6 Å². The van der Waals surface area contributed by atoms with Gasteiger partial charge in [-0.2, -0.15) is 0 Å². The van der Waals surface area contributed by atoms with Crippen LogP contribution in [0.15, 0.2) is 22.7 Å². The number of hydrazine groups is 1. The zero-order valence-corrected chi connectivity index (χ0v) is 16.6. The lowest BCUT2D eigenvalue weighted by atomic mass is 9.78. The van der Waals surface area contributed by atoms with Crippen molar-refractivity contribution in [2.75, 3.05) is 7.11 Å². The van der Waals surface area contributed by atoms with Crippen molar-refractivity contribution in [1.82, 2.24) is 16.2 Å². The molecule has 3 atom stereocenters. The topological polar surface area (TPSA) is 62.4 Å². The monoisotopic (exact) mass is 413 g/mol. The number of benzene rings is 1. The van der Waals surface area contributed by atoms with E-state index in [1.54, 1.807) is 25.3 Å². The minimum absolute atomic E-state index is 0.257. The Kier molecular flexibility index (Phi) is 6.86. The van der Waals surface area contributed by atoms with Crippen LogP contribution in [0.3, 0.4) is 0 Å². The van der Waals surface area contributed by atoms with Gasteiger partial charge in [0.1, 0.15) is 5.75 Å². The molecule has 24 heavy (non-hydrogen) atoms. The van der Waals surface area contributed by atoms with E-state index in [9.17, 15) is 4.79 Å². The fraction of sp³-hybridized carbons (Fsp3) is 0.529. The normalized spacial score (nSPS) is 23.2. The molecule has 5 nitrogen and oxygen atoms in total. The number of hydrogen-bond acceptors (Lipinski definition) is 3. The molecule has 1 saturated carbocycles. The van der Waals surface area contributed by atoms with E-state index in [2.05, 4.69) is 45.9 Å². The molecule has 3 N–H and O–H groups in total. The number of thiocarbonyl (C=S) groups is 1. The van der Waals surface area contributed by atoms with E-state index < -0.39 is 0 Å².